The van der Waals surface area contributed by atoms with Gasteiger partial charge in [0.25, 0.3) is 0 Å². The summed E-state index contributed by atoms with van der Waals surface area (Å²) in [5, 5.41) is 30.1. The Hall–Kier alpha value is -3.17. The quantitative estimate of drug-likeness (QED) is 0.395. The first-order valence-electron chi connectivity index (χ1n) is 8.82. The van der Waals surface area contributed by atoms with Crippen LogP contribution in [0.15, 0.2) is 36.4 Å². The molecule has 0 radical (unpaired) electrons. The second-order valence-corrected chi connectivity index (χ2v) is 6.06. The van der Waals surface area contributed by atoms with Gasteiger partial charge in [-0.1, -0.05) is 6.07 Å². The summed E-state index contributed by atoms with van der Waals surface area (Å²) >= 11 is 0. The second kappa shape index (κ2) is 11.0. The van der Waals surface area contributed by atoms with Crippen LogP contribution in [-0.4, -0.2) is 53.6 Å². The Bertz CT molecular complexity index is 857. The Morgan fingerprint density at radius 2 is 1.83 bits per heavy atom. The first-order valence-corrected chi connectivity index (χ1v) is 8.82. The SMILES string of the molecule is O=C(O)Cc1ccc(F)c(OCCOCCNc2ccc(C(=O)O)c(CO)c2)c1. The third-order valence-corrected chi connectivity index (χ3v) is 3.92. The van der Waals surface area contributed by atoms with Crippen LogP contribution in [0.1, 0.15) is 21.5 Å². The summed E-state index contributed by atoms with van der Waals surface area (Å²) in [7, 11) is 0. The number of carboxylic acids is 2. The number of aliphatic hydroxyl groups excluding tert-OH is 1. The van der Waals surface area contributed by atoms with Crippen molar-refractivity contribution < 1.29 is 38.8 Å². The number of nitrogens with one attached hydrogen (secondary N) is 1. The highest BCUT2D eigenvalue weighted by molar-refractivity contribution is 5.90. The van der Waals surface area contributed by atoms with Crippen molar-refractivity contribution in [2.24, 2.45) is 0 Å². The summed E-state index contributed by atoms with van der Waals surface area (Å²) in [5.74, 6) is -2.72. The number of ether oxygens (including phenoxy) is 2. The minimum atomic E-state index is -1.10. The Kier molecular flexibility index (Phi) is 8.38. The Morgan fingerprint density at radius 3 is 2.52 bits per heavy atom. The zero-order valence-corrected chi connectivity index (χ0v) is 15.6. The fourth-order valence-corrected chi connectivity index (χ4v) is 2.57. The van der Waals surface area contributed by atoms with Crippen LogP contribution in [0.25, 0.3) is 0 Å². The predicted octanol–water partition coefficient (Wildman–Crippen LogP) is 2.15. The summed E-state index contributed by atoms with van der Waals surface area (Å²) in [6.45, 7) is 0.661. The Balaban J connectivity index is 1.70. The van der Waals surface area contributed by atoms with Crippen molar-refractivity contribution in [1.29, 1.82) is 0 Å². The third kappa shape index (κ3) is 7.05. The number of hydrogen-bond donors (Lipinski definition) is 4. The van der Waals surface area contributed by atoms with E-state index in [1.165, 1.54) is 18.2 Å². The van der Waals surface area contributed by atoms with Crippen LogP contribution < -0.4 is 10.1 Å². The number of carboxylic acid groups (broad SMARTS) is 2. The third-order valence-electron chi connectivity index (χ3n) is 3.92. The lowest BCUT2D eigenvalue weighted by Gasteiger charge is -2.11. The van der Waals surface area contributed by atoms with E-state index in [2.05, 4.69) is 5.32 Å². The number of hydrogen-bond acceptors (Lipinski definition) is 6. The highest BCUT2D eigenvalue weighted by Crippen LogP contribution is 2.19. The van der Waals surface area contributed by atoms with Gasteiger partial charge in [-0.3, -0.25) is 4.79 Å². The topological polar surface area (TPSA) is 125 Å². The molecule has 0 heterocycles. The van der Waals surface area contributed by atoms with Gasteiger partial charge in [0.05, 0.1) is 31.8 Å². The maximum Gasteiger partial charge on any atom is 0.336 e. The molecule has 4 N–H and O–H groups in total. The summed E-state index contributed by atoms with van der Waals surface area (Å²) in [6, 6.07) is 8.47. The lowest BCUT2D eigenvalue weighted by atomic mass is 10.1. The van der Waals surface area contributed by atoms with Crippen LogP contribution >= 0.6 is 0 Å². The molecular weight excluding hydrogens is 385 g/mol. The normalized spacial score (nSPS) is 10.6. The number of aliphatic hydroxyl groups is 1. The van der Waals surface area contributed by atoms with Crippen molar-refractivity contribution in [3.05, 3.63) is 58.9 Å². The van der Waals surface area contributed by atoms with Crippen LogP contribution in [0.2, 0.25) is 0 Å². The van der Waals surface area contributed by atoms with Gasteiger partial charge in [0, 0.05) is 12.2 Å². The Labute approximate surface area is 166 Å². The van der Waals surface area contributed by atoms with Crippen LogP contribution in [0, 0.1) is 5.82 Å². The summed E-state index contributed by atoms with van der Waals surface area (Å²) in [5.41, 5.74) is 1.45. The van der Waals surface area contributed by atoms with Gasteiger partial charge in [0.2, 0.25) is 0 Å². The molecule has 0 aliphatic carbocycles. The van der Waals surface area contributed by atoms with E-state index >= 15 is 0 Å². The molecule has 9 heteroatoms. The highest BCUT2D eigenvalue weighted by atomic mass is 19.1. The largest absolute Gasteiger partial charge is 0.488 e. The molecule has 0 aromatic heterocycles. The van der Waals surface area contributed by atoms with E-state index < -0.39 is 17.8 Å². The first-order chi connectivity index (χ1) is 13.9. The average Bonchev–Trinajstić information content (AvgIpc) is 2.68. The van der Waals surface area contributed by atoms with E-state index in [0.717, 1.165) is 6.07 Å². The standard InChI is InChI=1S/C20H22FNO7/c21-17-4-1-13(10-19(24)25)9-18(17)29-8-7-28-6-5-22-15-2-3-16(20(26)27)14(11-15)12-23/h1-4,9,11,22-23H,5-8,10,12H2,(H,24,25)(H,26,27). The molecule has 0 saturated heterocycles. The van der Waals surface area contributed by atoms with Gasteiger partial charge in [-0.15, -0.1) is 0 Å². The van der Waals surface area contributed by atoms with E-state index in [1.807, 2.05) is 0 Å². The molecule has 0 aliphatic heterocycles. The average molecular weight is 407 g/mol. The number of carbonyl (C=O) groups is 2. The van der Waals surface area contributed by atoms with Crippen LogP contribution in [-0.2, 0) is 22.6 Å². The van der Waals surface area contributed by atoms with Crippen LogP contribution in [0.3, 0.4) is 0 Å². The highest BCUT2D eigenvalue weighted by Gasteiger charge is 2.10. The zero-order valence-electron chi connectivity index (χ0n) is 15.6. The number of anilines is 1. The van der Waals surface area contributed by atoms with Gasteiger partial charge >= 0.3 is 11.9 Å². The van der Waals surface area contributed by atoms with E-state index in [0.29, 0.717) is 30.0 Å². The van der Waals surface area contributed by atoms with Crippen molar-refractivity contribution in [1.82, 2.24) is 0 Å². The molecule has 2 rings (SSSR count). The van der Waals surface area contributed by atoms with Crippen molar-refractivity contribution >= 4 is 17.6 Å². The molecule has 0 aliphatic rings. The summed E-state index contributed by atoms with van der Waals surface area (Å²) in [6.07, 6.45) is -0.218. The van der Waals surface area contributed by atoms with Gasteiger partial charge in [-0.2, -0.15) is 0 Å². The van der Waals surface area contributed by atoms with Gasteiger partial charge in [0.15, 0.2) is 11.6 Å². The van der Waals surface area contributed by atoms with Crippen molar-refractivity contribution in [2.45, 2.75) is 13.0 Å². The number of rotatable bonds is 12. The molecule has 2 aromatic carbocycles. The minimum absolute atomic E-state index is 0.0273. The van der Waals surface area contributed by atoms with Crippen molar-refractivity contribution in [3.63, 3.8) is 0 Å². The summed E-state index contributed by atoms with van der Waals surface area (Å²) in [4.78, 5) is 21.7. The van der Waals surface area contributed by atoms with Gasteiger partial charge in [-0.05, 0) is 41.5 Å². The lowest BCUT2D eigenvalue weighted by molar-refractivity contribution is -0.136. The fourth-order valence-electron chi connectivity index (χ4n) is 2.57. The summed E-state index contributed by atoms with van der Waals surface area (Å²) < 4.78 is 24.4. The molecule has 0 atom stereocenters. The van der Waals surface area contributed by atoms with E-state index in [1.54, 1.807) is 12.1 Å². The molecule has 0 saturated carbocycles. The fraction of sp³-hybridized carbons (Fsp3) is 0.300. The molecule has 29 heavy (non-hydrogen) atoms. The number of aliphatic carboxylic acids is 1. The number of halogens is 1. The molecule has 0 amide bonds. The van der Waals surface area contributed by atoms with Crippen LogP contribution in [0.4, 0.5) is 10.1 Å². The monoisotopic (exact) mass is 407 g/mol. The van der Waals surface area contributed by atoms with Crippen LogP contribution in [0.5, 0.6) is 5.75 Å². The first kappa shape index (κ1) is 22.1. The molecule has 0 unspecified atom stereocenters. The molecule has 156 valence electrons. The molecular formula is C20H22FNO7. The minimum Gasteiger partial charge on any atom is -0.488 e. The Morgan fingerprint density at radius 1 is 1.03 bits per heavy atom. The lowest BCUT2D eigenvalue weighted by Crippen LogP contribution is -2.14. The molecule has 2 aromatic rings. The van der Waals surface area contributed by atoms with Gasteiger partial charge < -0.3 is 30.1 Å². The van der Waals surface area contributed by atoms with E-state index in [-0.39, 0.29) is 37.6 Å². The zero-order chi connectivity index (χ0) is 21.2. The van der Waals surface area contributed by atoms with E-state index in [4.69, 9.17) is 19.7 Å². The second-order valence-electron chi connectivity index (χ2n) is 6.06. The van der Waals surface area contributed by atoms with Crippen molar-refractivity contribution in [3.8, 4) is 5.75 Å². The maximum absolute atomic E-state index is 13.7. The van der Waals surface area contributed by atoms with Crippen molar-refractivity contribution in [2.75, 3.05) is 31.7 Å². The van der Waals surface area contributed by atoms with E-state index in [9.17, 15) is 19.1 Å². The van der Waals surface area contributed by atoms with Gasteiger partial charge in [0.1, 0.15) is 6.61 Å². The molecule has 0 fully saturated rings. The predicted molar refractivity (Wildman–Crippen MR) is 102 cm³/mol. The molecule has 8 nitrogen and oxygen atoms in total. The number of aromatic carboxylic acids is 1. The number of benzene rings is 2. The molecule has 0 bridgehead atoms. The van der Waals surface area contributed by atoms with Gasteiger partial charge in [-0.25, -0.2) is 9.18 Å². The molecule has 0 spiro atoms. The maximum atomic E-state index is 13.7. The smallest absolute Gasteiger partial charge is 0.336 e.